The van der Waals surface area contributed by atoms with Gasteiger partial charge in [-0.05, 0) is 28.1 Å². The van der Waals surface area contributed by atoms with Gasteiger partial charge >= 0.3 is 0 Å². The third-order valence-electron chi connectivity index (χ3n) is 2.11. The standard InChI is InChI=1S/C10H11BrN4O/c1-16-5-4-15-7-13-14-10(15)9-3-2-8(11)6-12-9/h2-3,6-7H,4-5H2,1H3. The van der Waals surface area contributed by atoms with Crippen molar-refractivity contribution in [2.24, 2.45) is 0 Å². The Kier molecular flexibility index (Phi) is 3.63. The molecule has 84 valence electrons. The number of rotatable bonds is 4. The van der Waals surface area contributed by atoms with Crippen molar-refractivity contribution in [1.82, 2.24) is 19.7 Å². The minimum Gasteiger partial charge on any atom is -0.383 e. The topological polar surface area (TPSA) is 52.8 Å². The third kappa shape index (κ3) is 2.45. The molecule has 0 aromatic carbocycles. The van der Waals surface area contributed by atoms with E-state index in [1.165, 1.54) is 0 Å². The molecule has 2 rings (SSSR count). The summed E-state index contributed by atoms with van der Waals surface area (Å²) in [6.45, 7) is 1.35. The Balaban J connectivity index is 2.26. The highest BCUT2D eigenvalue weighted by Gasteiger charge is 2.07. The van der Waals surface area contributed by atoms with Gasteiger partial charge in [0.05, 0.1) is 6.61 Å². The summed E-state index contributed by atoms with van der Waals surface area (Å²) in [6.07, 6.45) is 3.42. The summed E-state index contributed by atoms with van der Waals surface area (Å²) < 4.78 is 7.88. The molecule has 0 aliphatic heterocycles. The Hall–Kier alpha value is -1.27. The van der Waals surface area contributed by atoms with E-state index in [9.17, 15) is 0 Å². The van der Waals surface area contributed by atoms with Gasteiger partial charge in [-0.25, -0.2) is 0 Å². The van der Waals surface area contributed by atoms with E-state index in [2.05, 4.69) is 31.1 Å². The lowest BCUT2D eigenvalue weighted by atomic mass is 10.3. The summed E-state index contributed by atoms with van der Waals surface area (Å²) in [6, 6.07) is 3.83. The van der Waals surface area contributed by atoms with Crippen LogP contribution in [0.25, 0.3) is 11.5 Å². The van der Waals surface area contributed by atoms with Crippen LogP contribution in [0, 0.1) is 0 Å². The molecule has 0 fully saturated rings. The molecular weight excluding hydrogens is 272 g/mol. The zero-order valence-corrected chi connectivity index (χ0v) is 10.4. The quantitative estimate of drug-likeness (QED) is 0.857. The lowest BCUT2D eigenvalue weighted by molar-refractivity contribution is 0.187. The SMILES string of the molecule is COCCn1cnnc1-c1ccc(Br)cn1. The maximum atomic E-state index is 5.02. The highest BCUT2D eigenvalue weighted by atomic mass is 79.9. The second-order valence-corrected chi connectivity index (χ2v) is 4.12. The summed E-state index contributed by atoms with van der Waals surface area (Å²) in [7, 11) is 1.67. The molecule has 2 heterocycles. The van der Waals surface area contributed by atoms with E-state index in [4.69, 9.17) is 4.74 Å². The molecule has 0 spiro atoms. The molecular formula is C10H11BrN4O. The second-order valence-electron chi connectivity index (χ2n) is 3.20. The molecule has 0 saturated carbocycles. The van der Waals surface area contributed by atoms with E-state index in [1.54, 1.807) is 19.6 Å². The van der Waals surface area contributed by atoms with Crippen molar-refractivity contribution in [2.75, 3.05) is 13.7 Å². The zero-order chi connectivity index (χ0) is 11.4. The van der Waals surface area contributed by atoms with Gasteiger partial charge in [0.25, 0.3) is 0 Å². The van der Waals surface area contributed by atoms with Crippen LogP contribution in [0.1, 0.15) is 0 Å². The van der Waals surface area contributed by atoms with E-state index < -0.39 is 0 Å². The van der Waals surface area contributed by atoms with Crippen molar-refractivity contribution in [3.8, 4) is 11.5 Å². The first-order valence-electron chi connectivity index (χ1n) is 4.80. The number of pyridine rings is 1. The maximum absolute atomic E-state index is 5.02. The molecule has 0 bridgehead atoms. The van der Waals surface area contributed by atoms with Crippen LogP contribution in [0.4, 0.5) is 0 Å². The third-order valence-corrected chi connectivity index (χ3v) is 2.58. The van der Waals surface area contributed by atoms with Crippen LogP contribution in [0.3, 0.4) is 0 Å². The molecule has 0 aliphatic rings. The fraction of sp³-hybridized carbons (Fsp3) is 0.300. The average Bonchev–Trinajstić information content (AvgIpc) is 2.75. The average molecular weight is 283 g/mol. The fourth-order valence-electron chi connectivity index (χ4n) is 1.31. The lowest BCUT2D eigenvalue weighted by Crippen LogP contribution is -2.05. The van der Waals surface area contributed by atoms with E-state index >= 15 is 0 Å². The molecule has 0 amide bonds. The van der Waals surface area contributed by atoms with Crippen molar-refractivity contribution in [1.29, 1.82) is 0 Å². The Morgan fingerprint density at radius 3 is 3.00 bits per heavy atom. The minimum absolute atomic E-state index is 0.627. The van der Waals surface area contributed by atoms with Gasteiger partial charge in [-0.1, -0.05) is 0 Å². The van der Waals surface area contributed by atoms with Crippen LogP contribution >= 0.6 is 15.9 Å². The van der Waals surface area contributed by atoms with Crippen LogP contribution in [0.5, 0.6) is 0 Å². The summed E-state index contributed by atoms with van der Waals surface area (Å²) >= 11 is 3.34. The van der Waals surface area contributed by atoms with Gasteiger partial charge in [0, 0.05) is 24.3 Å². The smallest absolute Gasteiger partial charge is 0.182 e. The Morgan fingerprint density at radius 2 is 2.31 bits per heavy atom. The van der Waals surface area contributed by atoms with Crippen LogP contribution in [0.2, 0.25) is 0 Å². The van der Waals surface area contributed by atoms with Crippen molar-refractivity contribution >= 4 is 15.9 Å². The summed E-state index contributed by atoms with van der Waals surface area (Å²) in [5.74, 6) is 0.754. The molecule has 16 heavy (non-hydrogen) atoms. The molecule has 0 atom stereocenters. The van der Waals surface area contributed by atoms with Gasteiger partial charge in [-0.15, -0.1) is 10.2 Å². The minimum atomic E-state index is 0.627. The molecule has 0 N–H and O–H groups in total. The van der Waals surface area contributed by atoms with Crippen molar-refractivity contribution in [3.05, 3.63) is 29.1 Å². The van der Waals surface area contributed by atoms with Gasteiger partial charge in [0.15, 0.2) is 5.82 Å². The normalized spacial score (nSPS) is 10.6. The lowest BCUT2D eigenvalue weighted by Gasteiger charge is -2.04. The number of methoxy groups -OCH3 is 1. The first-order valence-corrected chi connectivity index (χ1v) is 5.59. The van der Waals surface area contributed by atoms with E-state index in [1.807, 2.05) is 16.7 Å². The van der Waals surface area contributed by atoms with Crippen LogP contribution < -0.4 is 0 Å². The van der Waals surface area contributed by atoms with E-state index in [0.29, 0.717) is 6.61 Å². The summed E-state index contributed by atoms with van der Waals surface area (Å²) in [5.41, 5.74) is 0.803. The first kappa shape index (κ1) is 11.2. The predicted octanol–water partition coefficient (Wildman–Crippen LogP) is 1.75. The highest BCUT2D eigenvalue weighted by Crippen LogP contribution is 2.16. The molecule has 0 unspecified atom stereocenters. The monoisotopic (exact) mass is 282 g/mol. The first-order chi connectivity index (χ1) is 7.81. The Morgan fingerprint density at radius 1 is 1.44 bits per heavy atom. The molecule has 0 saturated heterocycles. The number of halogens is 1. The second kappa shape index (κ2) is 5.18. The summed E-state index contributed by atoms with van der Waals surface area (Å²) in [4.78, 5) is 4.28. The van der Waals surface area contributed by atoms with E-state index in [0.717, 1.165) is 22.5 Å². The Labute approximate surface area is 102 Å². The zero-order valence-electron chi connectivity index (χ0n) is 8.80. The van der Waals surface area contributed by atoms with Crippen molar-refractivity contribution in [3.63, 3.8) is 0 Å². The van der Waals surface area contributed by atoms with Gasteiger partial charge < -0.3 is 9.30 Å². The van der Waals surface area contributed by atoms with Crippen LogP contribution in [-0.4, -0.2) is 33.5 Å². The van der Waals surface area contributed by atoms with Crippen molar-refractivity contribution < 1.29 is 4.74 Å². The van der Waals surface area contributed by atoms with Gasteiger partial charge in [-0.3, -0.25) is 4.98 Å². The van der Waals surface area contributed by atoms with Gasteiger partial charge in [-0.2, -0.15) is 0 Å². The van der Waals surface area contributed by atoms with Crippen LogP contribution in [0.15, 0.2) is 29.1 Å². The maximum Gasteiger partial charge on any atom is 0.182 e. The number of hydrogen-bond donors (Lipinski definition) is 0. The number of aromatic nitrogens is 4. The molecule has 0 aliphatic carbocycles. The predicted molar refractivity (Wildman–Crippen MR) is 62.8 cm³/mol. The largest absolute Gasteiger partial charge is 0.383 e. The highest BCUT2D eigenvalue weighted by molar-refractivity contribution is 9.10. The van der Waals surface area contributed by atoms with Crippen molar-refractivity contribution in [2.45, 2.75) is 6.54 Å². The molecule has 5 nitrogen and oxygen atoms in total. The van der Waals surface area contributed by atoms with E-state index in [-0.39, 0.29) is 0 Å². The molecule has 2 aromatic heterocycles. The molecule has 2 aromatic rings. The van der Waals surface area contributed by atoms with Crippen LogP contribution in [-0.2, 0) is 11.3 Å². The number of nitrogens with zero attached hydrogens (tertiary/aromatic N) is 4. The fourth-order valence-corrected chi connectivity index (χ4v) is 1.55. The molecule has 0 radical (unpaired) electrons. The number of ether oxygens (including phenoxy) is 1. The van der Waals surface area contributed by atoms with Gasteiger partial charge in [0.2, 0.25) is 0 Å². The van der Waals surface area contributed by atoms with Gasteiger partial charge in [0.1, 0.15) is 12.0 Å². The Bertz CT molecular complexity index is 454. The molecule has 6 heteroatoms. The number of hydrogen-bond acceptors (Lipinski definition) is 4. The summed E-state index contributed by atoms with van der Waals surface area (Å²) in [5, 5.41) is 7.93.